The second-order valence-corrected chi connectivity index (χ2v) is 6.02. The Labute approximate surface area is 134 Å². The zero-order valence-corrected chi connectivity index (χ0v) is 13.1. The molecule has 23 heavy (non-hydrogen) atoms. The van der Waals surface area contributed by atoms with E-state index in [1.165, 1.54) is 12.1 Å². The standard InChI is InChI=1S/C17H20FN3O2/c1-11(7-12-3-2-4-13(18)9-12)8-16(22)19-17-14-10-23-6-5-15(14)20-21-17/h2-4,9,11H,5-8,10H2,1H3,(H2,19,20,21,22). The minimum atomic E-state index is -0.248. The Bertz CT molecular complexity index is 699. The fourth-order valence-corrected chi connectivity index (χ4v) is 2.85. The number of halogens is 1. The maximum absolute atomic E-state index is 13.2. The molecule has 1 aliphatic heterocycles. The normalized spacial score (nSPS) is 15.0. The molecule has 0 saturated carbocycles. The molecule has 0 radical (unpaired) electrons. The first-order valence-corrected chi connectivity index (χ1v) is 7.80. The monoisotopic (exact) mass is 317 g/mol. The molecule has 1 amide bonds. The second kappa shape index (κ2) is 6.91. The van der Waals surface area contributed by atoms with Crippen LogP contribution in [-0.4, -0.2) is 22.7 Å². The molecule has 1 unspecified atom stereocenters. The molecule has 2 aromatic rings. The molecule has 1 atom stereocenters. The number of rotatable bonds is 5. The third-order valence-electron chi connectivity index (χ3n) is 3.96. The number of aromatic nitrogens is 2. The molecule has 3 rings (SSSR count). The van der Waals surface area contributed by atoms with Gasteiger partial charge in [0.1, 0.15) is 5.82 Å². The summed E-state index contributed by atoms with van der Waals surface area (Å²) in [5.41, 5.74) is 2.86. The summed E-state index contributed by atoms with van der Waals surface area (Å²) < 4.78 is 18.6. The van der Waals surface area contributed by atoms with Gasteiger partial charge < -0.3 is 10.1 Å². The Morgan fingerprint density at radius 3 is 3.22 bits per heavy atom. The van der Waals surface area contributed by atoms with Gasteiger partial charge in [0.05, 0.1) is 13.2 Å². The van der Waals surface area contributed by atoms with Crippen molar-refractivity contribution < 1.29 is 13.9 Å². The molecule has 0 aliphatic carbocycles. The first-order valence-electron chi connectivity index (χ1n) is 7.80. The number of hydrogen-bond donors (Lipinski definition) is 2. The van der Waals surface area contributed by atoms with Crippen molar-refractivity contribution in [2.75, 3.05) is 11.9 Å². The van der Waals surface area contributed by atoms with Gasteiger partial charge in [0.2, 0.25) is 5.91 Å². The zero-order chi connectivity index (χ0) is 16.2. The molecule has 6 heteroatoms. The van der Waals surface area contributed by atoms with Gasteiger partial charge in [0.15, 0.2) is 5.82 Å². The van der Waals surface area contributed by atoms with E-state index in [1.54, 1.807) is 6.07 Å². The lowest BCUT2D eigenvalue weighted by Crippen LogP contribution is -2.18. The summed E-state index contributed by atoms with van der Waals surface area (Å²) in [6.45, 7) is 3.13. The van der Waals surface area contributed by atoms with Crippen molar-refractivity contribution in [1.29, 1.82) is 0 Å². The second-order valence-electron chi connectivity index (χ2n) is 6.02. The van der Waals surface area contributed by atoms with Crippen molar-refractivity contribution >= 4 is 11.7 Å². The van der Waals surface area contributed by atoms with Crippen LogP contribution >= 0.6 is 0 Å². The number of aromatic amines is 1. The van der Waals surface area contributed by atoms with Gasteiger partial charge in [-0.2, -0.15) is 5.10 Å². The molecule has 1 aromatic heterocycles. The van der Waals surface area contributed by atoms with E-state index in [-0.39, 0.29) is 17.6 Å². The van der Waals surface area contributed by atoms with Crippen molar-refractivity contribution in [3.63, 3.8) is 0 Å². The maximum Gasteiger partial charge on any atom is 0.225 e. The lowest BCUT2D eigenvalue weighted by molar-refractivity contribution is -0.117. The van der Waals surface area contributed by atoms with Crippen molar-refractivity contribution in [3.05, 3.63) is 46.9 Å². The lowest BCUT2D eigenvalue weighted by atomic mass is 9.97. The minimum absolute atomic E-state index is 0.0891. The number of H-pyrrole nitrogens is 1. The third kappa shape index (κ3) is 3.96. The largest absolute Gasteiger partial charge is 0.376 e. The molecular weight excluding hydrogens is 297 g/mol. The number of amides is 1. The van der Waals surface area contributed by atoms with Crippen LogP contribution in [0.4, 0.5) is 10.2 Å². The first-order chi connectivity index (χ1) is 11.1. The van der Waals surface area contributed by atoms with Crippen LogP contribution in [0.25, 0.3) is 0 Å². The highest BCUT2D eigenvalue weighted by molar-refractivity contribution is 5.90. The molecule has 1 aromatic carbocycles. The van der Waals surface area contributed by atoms with Gasteiger partial charge in [0.25, 0.3) is 0 Å². The maximum atomic E-state index is 13.2. The van der Waals surface area contributed by atoms with Crippen LogP contribution in [0.1, 0.15) is 30.2 Å². The fraction of sp³-hybridized carbons (Fsp3) is 0.412. The Hall–Kier alpha value is -2.21. The molecular formula is C17H20FN3O2. The predicted octanol–water partition coefficient (Wildman–Crippen LogP) is 2.83. The summed E-state index contributed by atoms with van der Waals surface area (Å²) in [6.07, 6.45) is 1.81. The van der Waals surface area contributed by atoms with E-state index in [9.17, 15) is 9.18 Å². The average Bonchev–Trinajstić information content (AvgIpc) is 2.90. The molecule has 0 saturated heterocycles. The van der Waals surface area contributed by atoms with Gasteiger partial charge in [-0.3, -0.25) is 9.89 Å². The molecule has 2 N–H and O–H groups in total. The third-order valence-corrected chi connectivity index (χ3v) is 3.96. The molecule has 0 bridgehead atoms. The number of carbonyl (C=O) groups is 1. The van der Waals surface area contributed by atoms with Crippen LogP contribution in [0.15, 0.2) is 24.3 Å². The van der Waals surface area contributed by atoms with Gasteiger partial charge >= 0.3 is 0 Å². The number of benzene rings is 1. The molecule has 1 aliphatic rings. The van der Waals surface area contributed by atoms with Crippen LogP contribution in [0, 0.1) is 11.7 Å². The zero-order valence-electron chi connectivity index (χ0n) is 13.1. The number of nitrogens with one attached hydrogen (secondary N) is 2. The van der Waals surface area contributed by atoms with Crippen LogP contribution in [0.3, 0.4) is 0 Å². The summed E-state index contributed by atoms with van der Waals surface area (Å²) in [4.78, 5) is 12.2. The molecule has 5 nitrogen and oxygen atoms in total. The van der Waals surface area contributed by atoms with Gasteiger partial charge in [-0.25, -0.2) is 4.39 Å². The highest BCUT2D eigenvalue weighted by Crippen LogP contribution is 2.22. The van der Waals surface area contributed by atoms with E-state index in [0.717, 1.165) is 23.2 Å². The molecule has 2 heterocycles. The summed E-state index contributed by atoms with van der Waals surface area (Å²) in [5.74, 6) is 0.335. The van der Waals surface area contributed by atoms with Gasteiger partial charge in [-0.1, -0.05) is 19.1 Å². The van der Waals surface area contributed by atoms with E-state index < -0.39 is 0 Å². The van der Waals surface area contributed by atoms with E-state index in [0.29, 0.717) is 31.9 Å². The average molecular weight is 317 g/mol. The van der Waals surface area contributed by atoms with E-state index in [4.69, 9.17) is 4.74 Å². The smallest absolute Gasteiger partial charge is 0.225 e. The van der Waals surface area contributed by atoms with Crippen molar-refractivity contribution in [2.45, 2.75) is 32.8 Å². The summed E-state index contributed by atoms with van der Waals surface area (Å²) in [6, 6.07) is 6.49. The highest BCUT2D eigenvalue weighted by Gasteiger charge is 2.19. The Kier molecular flexibility index (Phi) is 4.71. The number of anilines is 1. The number of hydrogen-bond acceptors (Lipinski definition) is 3. The summed E-state index contributed by atoms with van der Waals surface area (Å²) in [7, 11) is 0. The quantitative estimate of drug-likeness (QED) is 0.891. The lowest BCUT2D eigenvalue weighted by Gasteiger charge is -2.14. The SMILES string of the molecule is CC(CC(=O)Nc1n[nH]c2c1COCC2)Cc1cccc(F)c1. The minimum Gasteiger partial charge on any atom is -0.376 e. The number of ether oxygens (including phenoxy) is 1. The van der Waals surface area contributed by atoms with Crippen LogP contribution in [0.5, 0.6) is 0 Å². The van der Waals surface area contributed by atoms with Crippen molar-refractivity contribution in [3.8, 4) is 0 Å². The van der Waals surface area contributed by atoms with Crippen LogP contribution < -0.4 is 5.32 Å². The van der Waals surface area contributed by atoms with E-state index in [2.05, 4.69) is 15.5 Å². The van der Waals surface area contributed by atoms with E-state index in [1.807, 2.05) is 13.0 Å². The Morgan fingerprint density at radius 2 is 2.39 bits per heavy atom. The Balaban J connectivity index is 1.55. The summed E-state index contributed by atoms with van der Waals surface area (Å²) >= 11 is 0. The molecule has 0 spiro atoms. The van der Waals surface area contributed by atoms with Crippen molar-refractivity contribution in [2.24, 2.45) is 5.92 Å². The van der Waals surface area contributed by atoms with Crippen LogP contribution in [-0.2, 0) is 29.0 Å². The number of nitrogens with zero attached hydrogens (tertiary/aromatic N) is 1. The molecule has 0 fully saturated rings. The van der Waals surface area contributed by atoms with Gasteiger partial charge in [-0.05, 0) is 30.0 Å². The van der Waals surface area contributed by atoms with Crippen molar-refractivity contribution in [1.82, 2.24) is 10.2 Å². The van der Waals surface area contributed by atoms with Gasteiger partial charge in [-0.15, -0.1) is 0 Å². The molecule has 122 valence electrons. The predicted molar refractivity (Wildman–Crippen MR) is 84.5 cm³/mol. The van der Waals surface area contributed by atoms with Gasteiger partial charge in [0, 0.05) is 24.1 Å². The Morgan fingerprint density at radius 1 is 1.52 bits per heavy atom. The van der Waals surface area contributed by atoms with Crippen LogP contribution in [0.2, 0.25) is 0 Å². The topological polar surface area (TPSA) is 67.0 Å². The summed E-state index contributed by atoms with van der Waals surface area (Å²) in [5, 5.41) is 9.94. The number of carbonyl (C=O) groups excluding carboxylic acids is 1. The first kappa shape index (κ1) is 15.7. The highest BCUT2D eigenvalue weighted by atomic mass is 19.1. The van der Waals surface area contributed by atoms with E-state index >= 15 is 0 Å². The fourth-order valence-electron chi connectivity index (χ4n) is 2.85. The number of fused-ring (bicyclic) bond motifs is 1.